The van der Waals surface area contributed by atoms with Crippen molar-refractivity contribution in [3.05, 3.63) is 22.4 Å². The number of hydrogen-bond acceptors (Lipinski definition) is 4. The van der Waals surface area contributed by atoms with E-state index in [4.69, 9.17) is 4.74 Å². The number of hydrogen-bond donors (Lipinski definition) is 1. The number of carbonyl (C=O) groups is 1. The van der Waals surface area contributed by atoms with Gasteiger partial charge in [0.2, 0.25) is 0 Å². The molecule has 3 nitrogen and oxygen atoms in total. The summed E-state index contributed by atoms with van der Waals surface area (Å²) in [5.41, 5.74) is -0.542. The first kappa shape index (κ1) is 14.2. The van der Waals surface area contributed by atoms with Crippen LogP contribution in [-0.4, -0.2) is 18.1 Å². The van der Waals surface area contributed by atoms with Gasteiger partial charge in [-0.3, -0.25) is 10.1 Å². The minimum Gasteiger partial charge on any atom is -0.465 e. The van der Waals surface area contributed by atoms with E-state index in [2.05, 4.69) is 11.4 Å². The molecule has 1 heterocycles. The second-order valence-electron chi connectivity index (χ2n) is 3.94. The van der Waals surface area contributed by atoms with Gasteiger partial charge in [0.1, 0.15) is 5.54 Å². The molecule has 0 saturated carbocycles. The second kappa shape index (κ2) is 6.77. The Balaban J connectivity index is 2.67. The highest BCUT2D eigenvalue weighted by Crippen LogP contribution is 2.19. The summed E-state index contributed by atoms with van der Waals surface area (Å²) >= 11 is 1.70. The molecular weight excluding hydrogens is 234 g/mol. The van der Waals surface area contributed by atoms with Crippen LogP contribution in [0.2, 0.25) is 0 Å². The van der Waals surface area contributed by atoms with Crippen molar-refractivity contribution >= 4 is 17.3 Å². The summed E-state index contributed by atoms with van der Waals surface area (Å²) in [6.07, 6.45) is 1.49. The van der Waals surface area contributed by atoms with Crippen LogP contribution >= 0.6 is 11.3 Å². The lowest BCUT2D eigenvalue weighted by atomic mass is 9.93. The van der Waals surface area contributed by atoms with Crippen molar-refractivity contribution in [2.45, 2.75) is 45.7 Å². The molecule has 96 valence electrons. The highest BCUT2D eigenvalue weighted by Gasteiger charge is 2.35. The highest BCUT2D eigenvalue weighted by molar-refractivity contribution is 7.09. The van der Waals surface area contributed by atoms with Crippen LogP contribution in [0.5, 0.6) is 0 Å². The van der Waals surface area contributed by atoms with Gasteiger partial charge in [-0.15, -0.1) is 11.3 Å². The summed E-state index contributed by atoms with van der Waals surface area (Å²) in [6.45, 7) is 7.02. The minimum absolute atomic E-state index is 0.137. The van der Waals surface area contributed by atoms with Crippen molar-refractivity contribution in [1.82, 2.24) is 5.32 Å². The molecule has 1 aromatic heterocycles. The molecule has 0 saturated heterocycles. The van der Waals surface area contributed by atoms with Gasteiger partial charge in [0, 0.05) is 11.4 Å². The zero-order chi connectivity index (χ0) is 12.7. The molecule has 0 amide bonds. The number of esters is 1. The van der Waals surface area contributed by atoms with Crippen molar-refractivity contribution in [1.29, 1.82) is 0 Å². The molecule has 0 fully saturated rings. The van der Waals surface area contributed by atoms with Crippen molar-refractivity contribution in [3.8, 4) is 0 Å². The zero-order valence-electron chi connectivity index (χ0n) is 10.8. The van der Waals surface area contributed by atoms with Gasteiger partial charge in [-0.25, -0.2) is 0 Å². The van der Waals surface area contributed by atoms with E-state index in [-0.39, 0.29) is 5.97 Å². The number of nitrogens with one attached hydrogen (secondary N) is 1. The molecule has 1 N–H and O–H groups in total. The smallest absolute Gasteiger partial charge is 0.326 e. The van der Waals surface area contributed by atoms with Gasteiger partial charge in [0.15, 0.2) is 0 Å². The predicted molar refractivity (Wildman–Crippen MR) is 71.1 cm³/mol. The Hall–Kier alpha value is -0.870. The fourth-order valence-corrected chi connectivity index (χ4v) is 2.44. The highest BCUT2D eigenvalue weighted by atomic mass is 32.1. The number of carbonyl (C=O) groups excluding carboxylic acids is 1. The first-order valence-corrected chi connectivity index (χ1v) is 7.01. The third-order valence-corrected chi connectivity index (χ3v) is 3.93. The zero-order valence-corrected chi connectivity index (χ0v) is 11.6. The fraction of sp³-hybridized carbons (Fsp3) is 0.615. The van der Waals surface area contributed by atoms with Gasteiger partial charge in [-0.05, 0) is 31.2 Å². The van der Waals surface area contributed by atoms with Gasteiger partial charge >= 0.3 is 5.97 Å². The van der Waals surface area contributed by atoms with Gasteiger partial charge in [0.05, 0.1) is 6.61 Å². The van der Waals surface area contributed by atoms with Crippen LogP contribution < -0.4 is 5.32 Å². The van der Waals surface area contributed by atoms with Crippen LogP contribution in [0.15, 0.2) is 17.5 Å². The standard InChI is InChI=1S/C13H21NO2S/c1-4-13(5-2,12(15)16-6-3)14-10-11-8-7-9-17-11/h7-9,14H,4-6,10H2,1-3H3. The second-order valence-corrected chi connectivity index (χ2v) is 4.97. The summed E-state index contributed by atoms with van der Waals surface area (Å²) in [6, 6.07) is 4.09. The fourth-order valence-electron chi connectivity index (χ4n) is 1.80. The Labute approximate surface area is 107 Å². The lowest BCUT2D eigenvalue weighted by Gasteiger charge is -2.30. The first-order valence-electron chi connectivity index (χ1n) is 6.13. The summed E-state index contributed by atoms with van der Waals surface area (Å²) in [7, 11) is 0. The average Bonchev–Trinajstić information content (AvgIpc) is 2.84. The Bertz CT molecular complexity index is 331. The van der Waals surface area contributed by atoms with Crippen LogP contribution in [0.3, 0.4) is 0 Å². The number of rotatable bonds is 7. The molecule has 0 bridgehead atoms. The molecule has 0 unspecified atom stereocenters. The van der Waals surface area contributed by atoms with Crippen LogP contribution in [0.25, 0.3) is 0 Å². The van der Waals surface area contributed by atoms with E-state index in [1.165, 1.54) is 4.88 Å². The molecule has 0 aliphatic carbocycles. The van der Waals surface area contributed by atoms with E-state index < -0.39 is 5.54 Å². The van der Waals surface area contributed by atoms with Crippen molar-refractivity contribution < 1.29 is 9.53 Å². The maximum Gasteiger partial charge on any atom is 0.326 e. The van der Waals surface area contributed by atoms with Crippen molar-refractivity contribution in [2.24, 2.45) is 0 Å². The molecule has 17 heavy (non-hydrogen) atoms. The molecule has 0 spiro atoms. The predicted octanol–water partition coefficient (Wildman–Crippen LogP) is 2.96. The molecule has 0 aromatic carbocycles. The molecule has 1 rings (SSSR count). The average molecular weight is 255 g/mol. The Morgan fingerprint density at radius 3 is 2.59 bits per heavy atom. The van der Waals surface area contributed by atoms with Crippen LogP contribution in [0.4, 0.5) is 0 Å². The summed E-state index contributed by atoms with van der Waals surface area (Å²) in [5, 5.41) is 5.40. The van der Waals surface area contributed by atoms with Crippen LogP contribution in [0.1, 0.15) is 38.5 Å². The van der Waals surface area contributed by atoms with E-state index >= 15 is 0 Å². The van der Waals surface area contributed by atoms with E-state index in [0.29, 0.717) is 6.61 Å². The van der Waals surface area contributed by atoms with E-state index in [0.717, 1.165) is 19.4 Å². The van der Waals surface area contributed by atoms with E-state index in [1.54, 1.807) is 11.3 Å². The molecule has 0 radical (unpaired) electrons. The minimum atomic E-state index is -0.542. The lowest BCUT2D eigenvalue weighted by Crippen LogP contribution is -2.51. The summed E-state index contributed by atoms with van der Waals surface area (Å²) in [5.74, 6) is -0.137. The molecular formula is C13H21NO2S. The van der Waals surface area contributed by atoms with Crippen molar-refractivity contribution in [3.63, 3.8) is 0 Å². The molecule has 0 aliphatic heterocycles. The SMILES string of the molecule is CCOC(=O)C(CC)(CC)NCc1cccs1. The number of ether oxygens (including phenoxy) is 1. The Morgan fingerprint density at radius 2 is 2.12 bits per heavy atom. The van der Waals surface area contributed by atoms with Crippen LogP contribution in [-0.2, 0) is 16.1 Å². The van der Waals surface area contributed by atoms with Gasteiger partial charge < -0.3 is 4.74 Å². The normalized spacial score (nSPS) is 11.5. The quantitative estimate of drug-likeness (QED) is 0.761. The number of thiophene rings is 1. The molecule has 1 aromatic rings. The third kappa shape index (κ3) is 3.54. The van der Waals surface area contributed by atoms with Gasteiger partial charge in [-0.1, -0.05) is 19.9 Å². The Kier molecular flexibility index (Phi) is 5.65. The topological polar surface area (TPSA) is 38.3 Å². The summed E-state index contributed by atoms with van der Waals surface area (Å²) < 4.78 is 5.16. The maximum atomic E-state index is 12.0. The monoisotopic (exact) mass is 255 g/mol. The van der Waals surface area contributed by atoms with Gasteiger partial charge in [-0.2, -0.15) is 0 Å². The molecule has 0 atom stereocenters. The lowest BCUT2D eigenvalue weighted by molar-refractivity contribution is -0.151. The van der Waals surface area contributed by atoms with E-state index in [9.17, 15) is 4.79 Å². The largest absolute Gasteiger partial charge is 0.465 e. The maximum absolute atomic E-state index is 12.0. The summed E-state index contributed by atoms with van der Waals surface area (Å²) in [4.78, 5) is 13.2. The first-order chi connectivity index (χ1) is 8.18. The molecule has 0 aliphatic rings. The molecule has 4 heteroatoms. The van der Waals surface area contributed by atoms with Gasteiger partial charge in [0.25, 0.3) is 0 Å². The Morgan fingerprint density at radius 1 is 1.41 bits per heavy atom. The third-order valence-electron chi connectivity index (χ3n) is 3.05. The van der Waals surface area contributed by atoms with E-state index in [1.807, 2.05) is 32.2 Å². The van der Waals surface area contributed by atoms with Crippen LogP contribution in [0, 0.1) is 0 Å². The van der Waals surface area contributed by atoms with Crippen molar-refractivity contribution in [2.75, 3.05) is 6.61 Å².